The average molecular weight is 265 g/mol. The second-order valence-corrected chi connectivity index (χ2v) is 6.14. The van der Waals surface area contributed by atoms with Crippen LogP contribution in [0.25, 0.3) is 6.08 Å². The molecule has 1 aliphatic rings. The van der Waals surface area contributed by atoms with E-state index < -0.39 is 5.97 Å². The number of nitrogens with zero attached hydrogens (tertiary/aromatic N) is 1. The predicted molar refractivity (Wildman–Crippen MR) is 74.6 cm³/mol. The van der Waals surface area contributed by atoms with Gasteiger partial charge >= 0.3 is 5.97 Å². The zero-order valence-electron chi connectivity index (χ0n) is 10.8. The molecule has 0 aromatic carbocycles. The smallest absolute Gasteiger partial charge is 0.328 e. The van der Waals surface area contributed by atoms with E-state index in [0.717, 1.165) is 30.5 Å². The summed E-state index contributed by atoms with van der Waals surface area (Å²) in [5.74, 6) is 0.836. The van der Waals surface area contributed by atoms with Gasteiger partial charge < -0.3 is 10.0 Å². The fourth-order valence-electron chi connectivity index (χ4n) is 2.15. The normalized spacial score (nSPS) is 22.8. The van der Waals surface area contributed by atoms with Crippen molar-refractivity contribution in [1.82, 2.24) is 4.90 Å². The Labute approximate surface area is 112 Å². The van der Waals surface area contributed by atoms with E-state index in [0.29, 0.717) is 0 Å². The fraction of sp³-hybridized carbons (Fsp3) is 0.500. The van der Waals surface area contributed by atoms with E-state index in [4.69, 9.17) is 5.11 Å². The van der Waals surface area contributed by atoms with Crippen molar-refractivity contribution in [1.29, 1.82) is 0 Å². The number of rotatable bonds is 6. The summed E-state index contributed by atoms with van der Waals surface area (Å²) in [6, 6.07) is 1.98. The summed E-state index contributed by atoms with van der Waals surface area (Å²) in [7, 11) is 2.13. The molecule has 1 N–H and O–H groups in total. The first-order valence-corrected chi connectivity index (χ1v) is 7.10. The van der Waals surface area contributed by atoms with Crippen molar-refractivity contribution >= 4 is 23.4 Å². The van der Waals surface area contributed by atoms with E-state index in [1.54, 1.807) is 17.4 Å². The van der Waals surface area contributed by atoms with Gasteiger partial charge in [-0.25, -0.2) is 4.79 Å². The molecular weight excluding hydrogens is 246 g/mol. The minimum absolute atomic E-state index is 0.855. The van der Waals surface area contributed by atoms with Crippen LogP contribution in [-0.2, 0) is 11.3 Å². The van der Waals surface area contributed by atoms with Crippen molar-refractivity contribution in [3.05, 3.63) is 28.0 Å². The number of carbonyl (C=O) groups is 1. The number of hydrogen-bond donors (Lipinski definition) is 1. The van der Waals surface area contributed by atoms with Crippen molar-refractivity contribution in [2.75, 3.05) is 13.6 Å². The second-order valence-electron chi connectivity index (χ2n) is 5.14. The molecule has 1 heterocycles. The highest BCUT2D eigenvalue weighted by molar-refractivity contribution is 7.10. The minimum atomic E-state index is -0.896. The summed E-state index contributed by atoms with van der Waals surface area (Å²) in [5.41, 5.74) is 1.03. The Morgan fingerprint density at radius 2 is 2.39 bits per heavy atom. The number of aliphatic carboxylic acids is 1. The molecule has 0 saturated heterocycles. The lowest BCUT2D eigenvalue weighted by molar-refractivity contribution is -0.131. The largest absolute Gasteiger partial charge is 0.478 e. The fourth-order valence-corrected chi connectivity index (χ4v) is 3.10. The van der Waals surface area contributed by atoms with Crippen molar-refractivity contribution in [2.24, 2.45) is 11.8 Å². The SMILES string of the molecule is CC1CC1CN(C)Cc1sccc1C=CC(=O)O. The van der Waals surface area contributed by atoms with Crippen molar-refractivity contribution in [3.63, 3.8) is 0 Å². The van der Waals surface area contributed by atoms with Crippen molar-refractivity contribution < 1.29 is 9.90 Å². The summed E-state index contributed by atoms with van der Waals surface area (Å²) in [6.45, 7) is 4.34. The quantitative estimate of drug-likeness (QED) is 0.804. The molecule has 2 rings (SSSR count). The molecule has 0 aliphatic heterocycles. The number of carboxylic acids is 1. The molecule has 2 atom stereocenters. The van der Waals surface area contributed by atoms with Gasteiger partial charge in [-0.15, -0.1) is 11.3 Å². The number of hydrogen-bond acceptors (Lipinski definition) is 3. The van der Waals surface area contributed by atoms with Crippen LogP contribution in [0.4, 0.5) is 0 Å². The molecule has 3 nitrogen and oxygen atoms in total. The summed E-state index contributed by atoms with van der Waals surface area (Å²) in [6.07, 6.45) is 4.23. The highest BCUT2D eigenvalue weighted by atomic mass is 32.1. The van der Waals surface area contributed by atoms with Crippen LogP contribution < -0.4 is 0 Å². The molecular formula is C14H19NO2S. The second kappa shape index (κ2) is 5.67. The molecule has 98 valence electrons. The molecule has 2 unspecified atom stereocenters. The molecule has 1 aromatic rings. The number of carboxylic acid groups (broad SMARTS) is 1. The monoisotopic (exact) mass is 265 g/mol. The van der Waals surface area contributed by atoms with Crippen LogP contribution in [0, 0.1) is 11.8 Å². The Hall–Kier alpha value is -1.13. The van der Waals surface area contributed by atoms with Crippen LogP contribution in [0.2, 0.25) is 0 Å². The van der Waals surface area contributed by atoms with Crippen molar-refractivity contribution in [3.8, 4) is 0 Å². The van der Waals surface area contributed by atoms with Crippen LogP contribution in [0.3, 0.4) is 0 Å². The van der Waals surface area contributed by atoms with E-state index in [-0.39, 0.29) is 0 Å². The topological polar surface area (TPSA) is 40.5 Å². The Morgan fingerprint density at radius 3 is 3.00 bits per heavy atom. The molecule has 1 saturated carbocycles. The lowest BCUT2D eigenvalue weighted by Gasteiger charge is -2.15. The first-order chi connectivity index (χ1) is 8.56. The molecule has 1 fully saturated rings. The highest BCUT2D eigenvalue weighted by Crippen LogP contribution is 2.38. The maximum atomic E-state index is 10.5. The van der Waals surface area contributed by atoms with Gasteiger partial charge in [0.05, 0.1) is 0 Å². The minimum Gasteiger partial charge on any atom is -0.478 e. The van der Waals surface area contributed by atoms with Crippen molar-refractivity contribution in [2.45, 2.75) is 19.9 Å². The van der Waals surface area contributed by atoms with Gasteiger partial charge in [0.1, 0.15) is 0 Å². The van der Waals surface area contributed by atoms with E-state index >= 15 is 0 Å². The summed E-state index contributed by atoms with van der Waals surface area (Å²) < 4.78 is 0. The van der Waals surface area contributed by atoms with Gasteiger partial charge in [-0.05, 0) is 48.4 Å². The molecule has 1 aliphatic carbocycles. The third kappa shape index (κ3) is 3.68. The molecule has 1 aromatic heterocycles. The third-order valence-corrected chi connectivity index (χ3v) is 4.34. The van der Waals surface area contributed by atoms with Gasteiger partial charge in [0.25, 0.3) is 0 Å². The Balaban J connectivity index is 1.92. The van der Waals surface area contributed by atoms with Gasteiger partial charge in [-0.1, -0.05) is 6.92 Å². The predicted octanol–water partition coefficient (Wildman–Crippen LogP) is 2.93. The van der Waals surface area contributed by atoms with Crippen LogP contribution in [0.1, 0.15) is 23.8 Å². The molecule has 18 heavy (non-hydrogen) atoms. The van der Waals surface area contributed by atoms with Crippen LogP contribution in [0.5, 0.6) is 0 Å². The van der Waals surface area contributed by atoms with Gasteiger partial charge in [0.2, 0.25) is 0 Å². The average Bonchev–Trinajstić information content (AvgIpc) is 2.81. The first-order valence-electron chi connectivity index (χ1n) is 6.22. The standard InChI is InChI=1S/C14H19NO2S/c1-10-7-12(10)8-15(2)9-13-11(5-6-18-13)3-4-14(16)17/h3-6,10,12H,7-9H2,1-2H3,(H,16,17). The third-order valence-electron chi connectivity index (χ3n) is 3.42. The van der Waals surface area contributed by atoms with E-state index in [1.807, 2.05) is 11.4 Å². The van der Waals surface area contributed by atoms with Crippen LogP contribution >= 0.6 is 11.3 Å². The van der Waals surface area contributed by atoms with E-state index in [9.17, 15) is 4.79 Å². The highest BCUT2D eigenvalue weighted by Gasteiger charge is 2.33. The maximum Gasteiger partial charge on any atom is 0.328 e. The zero-order valence-corrected chi connectivity index (χ0v) is 11.6. The Kier molecular flexibility index (Phi) is 4.19. The summed E-state index contributed by atoms with van der Waals surface area (Å²) in [4.78, 5) is 14.1. The van der Waals surface area contributed by atoms with Gasteiger partial charge in [0.15, 0.2) is 0 Å². The molecule has 0 spiro atoms. The first kappa shape index (κ1) is 13.3. The Morgan fingerprint density at radius 1 is 1.67 bits per heavy atom. The van der Waals surface area contributed by atoms with Gasteiger partial charge in [-0.2, -0.15) is 0 Å². The van der Waals surface area contributed by atoms with Gasteiger partial charge in [0, 0.05) is 24.0 Å². The van der Waals surface area contributed by atoms with E-state index in [1.165, 1.54) is 17.4 Å². The summed E-state index contributed by atoms with van der Waals surface area (Å²) in [5, 5.41) is 10.7. The Bertz CT molecular complexity index is 452. The maximum absolute atomic E-state index is 10.5. The van der Waals surface area contributed by atoms with Gasteiger partial charge in [-0.3, -0.25) is 0 Å². The molecule has 0 bridgehead atoms. The molecule has 4 heteroatoms. The molecule has 0 amide bonds. The van der Waals surface area contributed by atoms with Crippen LogP contribution in [-0.4, -0.2) is 29.6 Å². The zero-order chi connectivity index (χ0) is 13.1. The molecule has 0 radical (unpaired) electrons. The van der Waals surface area contributed by atoms with Crippen LogP contribution in [0.15, 0.2) is 17.5 Å². The summed E-state index contributed by atoms with van der Waals surface area (Å²) >= 11 is 1.69. The van der Waals surface area contributed by atoms with E-state index in [2.05, 4.69) is 18.9 Å². The number of thiophene rings is 1. The lowest BCUT2D eigenvalue weighted by Crippen LogP contribution is -2.20. The lowest BCUT2D eigenvalue weighted by atomic mass is 10.2.